The lowest BCUT2D eigenvalue weighted by molar-refractivity contribution is -0.156. The molecule has 0 aliphatic heterocycles. The van der Waals surface area contributed by atoms with Gasteiger partial charge in [-0.1, -0.05) is 12.2 Å². The number of carbonyl (C=O) groups is 1. The lowest BCUT2D eigenvalue weighted by atomic mass is 10.2. The van der Waals surface area contributed by atoms with Crippen molar-refractivity contribution in [1.29, 1.82) is 0 Å². The summed E-state index contributed by atoms with van der Waals surface area (Å²) in [6, 6.07) is -0.909. The lowest BCUT2D eigenvalue weighted by Crippen LogP contribution is -2.31. The molecule has 5 nitrogen and oxygen atoms in total. The summed E-state index contributed by atoms with van der Waals surface area (Å²) >= 11 is 6.04. The standard InChI is InChI=1S/C10H15N3O2S2/c1-10(2,3)15-9(14)6(11)5-4-17-8(13-5)7(12)16/h4,6H,11H2,1-3H3,(H2,12,16). The first-order valence-corrected chi connectivity index (χ1v) is 6.23. The van der Waals surface area contributed by atoms with Gasteiger partial charge in [0.1, 0.15) is 16.6 Å². The Labute approximate surface area is 109 Å². The fourth-order valence-corrected chi connectivity index (χ4v) is 1.92. The van der Waals surface area contributed by atoms with Gasteiger partial charge in [0, 0.05) is 5.38 Å². The fourth-order valence-electron chi connectivity index (χ4n) is 1.03. The molecule has 0 saturated carbocycles. The average Bonchev–Trinajstić information content (AvgIpc) is 2.62. The molecule has 0 bridgehead atoms. The Morgan fingerprint density at radius 2 is 2.18 bits per heavy atom. The number of carbonyl (C=O) groups excluding carboxylic acids is 1. The van der Waals surface area contributed by atoms with Crippen LogP contribution in [0.2, 0.25) is 0 Å². The summed E-state index contributed by atoms with van der Waals surface area (Å²) in [5, 5.41) is 2.15. The third-order valence-corrected chi connectivity index (χ3v) is 2.93. The van der Waals surface area contributed by atoms with Crippen molar-refractivity contribution in [2.75, 3.05) is 0 Å². The third kappa shape index (κ3) is 4.03. The fraction of sp³-hybridized carbons (Fsp3) is 0.500. The van der Waals surface area contributed by atoms with Gasteiger partial charge in [0.25, 0.3) is 0 Å². The van der Waals surface area contributed by atoms with Gasteiger partial charge in [0.2, 0.25) is 0 Å². The first-order valence-electron chi connectivity index (χ1n) is 4.94. The van der Waals surface area contributed by atoms with Gasteiger partial charge in [-0.15, -0.1) is 11.3 Å². The molecule has 1 heterocycles. The van der Waals surface area contributed by atoms with Crippen molar-refractivity contribution < 1.29 is 9.53 Å². The summed E-state index contributed by atoms with van der Waals surface area (Å²) in [6.45, 7) is 5.33. The minimum Gasteiger partial charge on any atom is -0.459 e. The summed E-state index contributed by atoms with van der Waals surface area (Å²) in [6.07, 6.45) is 0. The van der Waals surface area contributed by atoms with Crippen LogP contribution >= 0.6 is 23.6 Å². The van der Waals surface area contributed by atoms with Crippen LogP contribution in [0.3, 0.4) is 0 Å². The number of aromatic nitrogens is 1. The zero-order valence-electron chi connectivity index (χ0n) is 9.89. The molecule has 0 fully saturated rings. The van der Waals surface area contributed by atoms with Crippen LogP contribution in [0.25, 0.3) is 0 Å². The van der Waals surface area contributed by atoms with Crippen molar-refractivity contribution in [2.24, 2.45) is 11.5 Å². The van der Waals surface area contributed by atoms with E-state index in [4.69, 9.17) is 28.4 Å². The van der Waals surface area contributed by atoms with E-state index in [9.17, 15) is 4.79 Å². The van der Waals surface area contributed by atoms with Crippen LogP contribution in [-0.4, -0.2) is 21.5 Å². The highest BCUT2D eigenvalue weighted by Crippen LogP contribution is 2.18. The molecular formula is C10H15N3O2S2. The van der Waals surface area contributed by atoms with Crippen LogP contribution < -0.4 is 11.5 Å². The summed E-state index contributed by atoms with van der Waals surface area (Å²) in [7, 11) is 0. The van der Waals surface area contributed by atoms with Gasteiger partial charge < -0.3 is 16.2 Å². The molecule has 1 unspecified atom stereocenters. The normalized spacial score (nSPS) is 13.2. The van der Waals surface area contributed by atoms with Gasteiger partial charge in [-0.2, -0.15) is 0 Å². The van der Waals surface area contributed by atoms with Gasteiger partial charge in [0.05, 0.1) is 5.69 Å². The molecule has 4 N–H and O–H groups in total. The van der Waals surface area contributed by atoms with Crippen LogP contribution in [0.4, 0.5) is 0 Å². The van der Waals surface area contributed by atoms with Crippen molar-refractivity contribution in [2.45, 2.75) is 32.4 Å². The number of nitrogens with two attached hydrogens (primary N) is 2. The molecule has 17 heavy (non-hydrogen) atoms. The quantitative estimate of drug-likeness (QED) is 0.633. The van der Waals surface area contributed by atoms with Crippen molar-refractivity contribution in [3.05, 3.63) is 16.1 Å². The molecule has 0 aromatic carbocycles. The number of ether oxygens (including phenoxy) is 1. The summed E-state index contributed by atoms with van der Waals surface area (Å²) in [5.41, 5.74) is 11.0. The van der Waals surface area contributed by atoms with Gasteiger partial charge >= 0.3 is 5.97 Å². The van der Waals surface area contributed by atoms with E-state index < -0.39 is 17.6 Å². The average molecular weight is 273 g/mol. The maximum atomic E-state index is 11.7. The summed E-state index contributed by atoms with van der Waals surface area (Å²) < 4.78 is 5.16. The topological polar surface area (TPSA) is 91.2 Å². The SMILES string of the molecule is CC(C)(C)OC(=O)C(N)c1csc(C(N)=S)n1. The number of nitrogens with zero attached hydrogens (tertiary/aromatic N) is 1. The number of thiazole rings is 1. The minimum absolute atomic E-state index is 0.192. The van der Waals surface area contributed by atoms with Crippen molar-refractivity contribution in [1.82, 2.24) is 4.98 Å². The molecule has 1 aromatic heterocycles. The lowest BCUT2D eigenvalue weighted by Gasteiger charge is -2.21. The molecule has 94 valence electrons. The highest BCUT2D eigenvalue weighted by atomic mass is 32.1. The van der Waals surface area contributed by atoms with E-state index in [1.807, 2.05) is 0 Å². The van der Waals surface area contributed by atoms with E-state index in [0.717, 1.165) is 0 Å². The molecule has 1 aromatic rings. The molecular weight excluding hydrogens is 258 g/mol. The number of thiocarbonyl (C=S) groups is 1. The molecule has 7 heteroatoms. The van der Waals surface area contributed by atoms with Crippen LogP contribution in [0.5, 0.6) is 0 Å². The van der Waals surface area contributed by atoms with Gasteiger partial charge in [-0.25, -0.2) is 9.78 Å². The second-order valence-electron chi connectivity index (χ2n) is 4.45. The van der Waals surface area contributed by atoms with E-state index in [-0.39, 0.29) is 4.99 Å². The molecule has 0 saturated heterocycles. The van der Waals surface area contributed by atoms with E-state index in [1.165, 1.54) is 11.3 Å². The predicted molar refractivity (Wildman–Crippen MR) is 70.8 cm³/mol. The van der Waals surface area contributed by atoms with E-state index in [0.29, 0.717) is 10.7 Å². The zero-order chi connectivity index (χ0) is 13.2. The smallest absolute Gasteiger partial charge is 0.329 e. The second kappa shape index (κ2) is 5.07. The highest BCUT2D eigenvalue weighted by molar-refractivity contribution is 7.81. The number of esters is 1. The van der Waals surface area contributed by atoms with Crippen LogP contribution in [-0.2, 0) is 9.53 Å². The summed E-state index contributed by atoms with van der Waals surface area (Å²) in [5.74, 6) is -0.516. The Morgan fingerprint density at radius 1 is 1.59 bits per heavy atom. The molecule has 1 atom stereocenters. The van der Waals surface area contributed by atoms with E-state index in [1.54, 1.807) is 26.2 Å². The predicted octanol–water partition coefficient (Wildman–Crippen LogP) is 1.12. The zero-order valence-corrected chi connectivity index (χ0v) is 11.5. The maximum absolute atomic E-state index is 11.7. The molecule has 0 aliphatic carbocycles. The molecule has 0 spiro atoms. The third-order valence-electron chi connectivity index (χ3n) is 1.71. The van der Waals surface area contributed by atoms with Crippen molar-refractivity contribution >= 4 is 34.5 Å². The molecule has 0 aliphatic rings. The maximum Gasteiger partial charge on any atom is 0.329 e. The first kappa shape index (κ1) is 14.0. The molecule has 0 amide bonds. The Bertz CT molecular complexity index is 437. The Kier molecular flexibility index (Phi) is 4.18. The summed E-state index contributed by atoms with van der Waals surface area (Å²) in [4.78, 5) is 16.0. The molecule has 1 rings (SSSR count). The largest absolute Gasteiger partial charge is 0.459 e. The van der Waals surface area contributed by atoms with E-state index in [2.05, 4.69) is 4.98 Å². The Morgan fingerprint density at radius 3 is 2.59 bits per heavy atom. The van der Waals surface area contributed by atoms with Crippen LogP contribution in [0.1, 0.15) is 37.5 Å². The first-order chi connectivity index (χ1) is 7.70. The number of hydrogen-bond donors (Lipinski definition) is 2. The van der Waals surface area contributed by atoms with Gasteiger partial charge in [0.15, 0.2) is 5.01 Å². The molecule has 0 radical (unpaired) electrons. The second-order valence-corrected chi connectivity index (χ2v) is 5.75. The highest BCUT2D eigenvalue weighted by Gasteiger charge is 2.25. The van der Waals surface area contributed by atoms with Gasteiger partial charge in [-0.3, -0.25) is 0 Å². The minimum atomic E-state index is -0.909. The Balaban J connectivity index is 2.78. The van der Waals surface area contributed by atoms with Crippen LogP contribution in [0, 0.1) is 0 Å². The number of rotatable bonds is 3. The Hall–Kier alpha value is -1.05. The van der Waals surface area contributed by atoms with Crippen LogP contribution in [0.15, 0.2) is 5.38 Å². The monoisotopic (exact) mass is 273 g/mol. The van der Waals surface area contributed by atoms with E-state index >= 15 is 0 Å². The number of hydrogen-bond acceptors (Lipinski definition) is 6. The van der Waals surface area contributed by atoms with Gasteiger partial charge in [-0.05, 0) is 20.8 Å². The van der Waals surface area contributed by atoms with Crippen molar-refractivity contribution in [3.63, 3.8) is 0 Å². The van der Waals surface area contributed by atoms with Crippen molar-refractivity contribution in [3.8, 4) is 0 Å².